The molecule has 0 spiro atoms. The van der Waals surface area contributed by atoms with Gasteiger partial charge < -0.3 is 10.2 Å². The van der Waals surface area contributed by atoms with Crippen LogP contribution in [0.1, 0.15) is 78.1 Å². The molecule has 4 heteroatoms. The smallest absolute Gasteiger partial charge is 0.150 e. The third kappa shape index (κ3) is 3.51. The van der Waals surface area contributed by atoms with Crippen LogP contribution in [0, 0.1) is 40.9 Å². The molecule has 164 valence electrons. The number of Topliss-reactive ketones (excluding diaryl/α,β-unsaturated/α-hetero) is 1. The summed E-state index contributed by atoms with van der Waals surface area (Å²) in [5.74, 6) is 4.60. The number of hydrogen-bond donors (Lipinski definition) is 2. The Morgan fingerprint density at radius 1 is 0.966 bits per heavy atom. The molecule has 0 radical (unpaired) electrons. The van der Waals surface area contributed by atoms with Crippen molar-refractivity contribution < 1.29 is 15.0 Å². The zero-order valence-corrected chi connectivity index (χ0v) is 18.5. The van der Waals surface area contributed by atoms with Crippen molar-refractivity contribution in [3.8, 4) is 0 Å². The zero-order valence-electron chi connectivity index (χ0n) is 18.5. The van der Waals surface area contributed by atoms with Crippen molar-refractivity contribution in [2.45, 2.75) is 89.8 Å². The molecule has 5 aliphatic rings. The Bertz CT molecular complexity index is 648. The molecule has 9 unspecified atom stereocenters. The lowest BCUT2D eigenvalue weighted by atomic mass is 9.49. The average molecular weight is 404 g/mol. The number of ketones is 1. The Labute approximate surface area is 176 Å². The summed E-state index contributed by atoms with van der Waals surface area (Å²) in [7, 11) is 0. The van der Waals surface area contributed by atoms with Crippen LogP contribution in [-0.2, 0) is 4.79 Å². The summed E-state index contributed by atoms with van der Waals surface area (Å²) in [5.41, 5.74) is -0.241. The second-order valence-electron chi connectivity index (χ2n) is 12.0. The van der Waals surface area contributed by atoms with Crippen molar-refractivity contribution in [3.63, 3.8) is 0 Å². The summed E-state index contributed by atoms with van der Waals surface area (Å²) in [4.78, 5) is 15.5. The number of fused-ring (bicyclic) bond motifs is 5. The van der Waals surface area contributed by atoms with Gasteiger partial charge in [-0.25, -0.2) is 0 Å². The van der Waals surface area contributed by atoms with Gasteiger partial charge >= 0.3 is 0 Å². The van der Waals surface area contributed by atoms with Gasteiger partial charge in [0.2, 0.25) is 0 Å². The first kappa shape index (κ1) is 20.5. The fourth-order valence-corrected chi connectivity index (χ4v) is 8.90. The minimum absolute atomic E-state index is 0.198. The minimum atomic E-state index is -0.439. The normalized spacial score (nSPS) is 52.6. The van der Waals surface area contributed by atoms with Crippen molar-refractivity contribution >= 4 is 5.78 Å². The van der Waals surface area contributed by atoms with Gasteiger partial charge in [0, 0.05) is 19.0 Å². The highest BCUT2D eigenvalue weighted by molar-refractivity contribution is 5.84. The van der Waals surface area contributed by atoms with Gasteiger partial charge in [-0.1, -0.05) is 6.92 Å². The maximum absolute atomic E-state index is 13.3. The van der Waals surface area contributed by atoms with Crippen LogP contribution in [0.5, 0.6) is 0 Å². The number of carbonyl (C=O) groups is 1. The van der Waals surface area contributed by atoms with E-state index in [2.05, 4.69) is 11.8 Å². The molecule has 5 fully saturated rings. The number of β-amino-alcohol motifs (C(OH)–C–C–N with tert-alkyl or cyclic N) is 1. The molecule has 2 N–H and O–H groups in total. The molecule has 0 aromatic rings. The molecule has 4 nitrogen and oxygen atoms in total. The minimum Gasteiger partial charge on any atom is -0.392 e. The first-order valence-electron chi connectivity index (χ1n) is 12.4. The lowest BCUT2D eigenvalue weighted by Crippen LogP contribution is -2.51. The number of hydrogen-bond acceptors (Lipinski definition) is 4. The topological polar surface area (TPSA) is 60.8 Å². The third-order valence-corrected chi connectivity index (χ3v) is 10.3. The van der Waals surface area contributed by atoms with E-state index in [-0.39, 0.29) is 17.4 Å². The van der Waals surface area contributed by atoms with Crippen molar-refractivity contribution in [1.82, 2.24) is 4.90 Å². The second kappa shape index (κ2) is 7.31. The number of rotatable bonds is 3. The number of aliphatic hydroxyl groups excluding tert-OH is 1. The highest BCUT2D eigenvalue weighted by atomic mass is 16.3. The standard InChI is InChI=1S/C25H41NO3/c1-24(29)10-7-18-16(13-24)3-4-20-19(18)8-11-25(2)21(20)5-6-22(25)23(28)15-26-12-9-17(27)14-26/h16-22,27,29H,3-15H2,1-2H3. The number of carbonyl (C=O) groups excluding carboxylic acids is 1. The van der Waals surface area contributed by atoms with Gasteiger partial charge in [-0.15, -0.1) is 0 Å². The Kier molecular flexibility index (Phi) is 5.15. The lowest BCUT2D eigenvalue weighted by molar-refractivity contribution is -0.133. The highest BCUT2D eigenvalue weighted by Gasteiger charge is 2.58. The van der Waals surface area contributed by atoms with E-state index in [1.807, 2.05) is 6.92 Å². The summed E-state index contributed by atoms with van der Waals surface area (Å²) in [6.07, 6.45) is 11.2. The van der Waals surface area contributed by atoms with Crippen LogP contribution < -0.4 is 0 Å². The molecule has 5 rings (SSSR count). The van der Waals surface area contributed by atoms with Crippen LogP contribution in [0.15, 0.2) is 0 Å². The SMILES string of the molecule is CC1(O)CCC2C(CCC3C2CCC2(C)C(C(=O)CN4CCC(O)C4)CCC32)C1. The largest absolute Gasteiger partial charge is 0.392 e. The zero-order chi connectivity index (χ0) is 20.4. The van der Waals surface area contributed by atoms with Crippen molar-refractivity contribution in [2.75, 3.05) is 19.6 Å². The van der Waals surface area contributed by atoms with Gasteiger partial charge in [-0.2, -0.15) is 0 Å². The van der Waals surface area contributed by atoms with Crippen LogP contribution in [0.3, 0.4) is 0 Å². The van der Waals surface area contributed by atoms with E-state index in [0.717, 1.165) is 61.8 Å². The molecule has 1 heterocycles. The number of nitrogens with zero attached hydrogens (tertiary/aromatic N) is 1. The van der Waals surface area contributed by atoms with Crippen LogP contribution in [0.2, 0.25) is 0 Å². The van der Waals surface area contributed by atoms with E-state index in [1.165, 1.54) is 38.5 Å². The summed E-state index contributed by atoms with van der Waals surface area (Å²) in [5, 5.41) is 20.4. The molecule has 0 bridgehead atoms. The van der Waals surface area contributed by atoms with Crippen LogP contribution >= 0.6 is 0 Å². The fourth-order valence-electron chi connectivity index (χ4n) is 8.90. The van der Waals surface area contributed by atoms with E-state index in [9.17, 15) is 15.0 Å². The molecule has 0 aromatic heterocycles. The van der Waals surface area contributed by atoms with Gasteiger partial charge in [0.15, 0.2) is 0 Å². The quantitative estimate of drug-likeness (QED) is 0.755. The molecule has 1 saturated heterocycles. The van der Waals surface area contributed by atoms with Crippen LogP contribution in [0.4, 0.5) is 0 Å². The molecular formula is C25H41NO3. The van der Waals surface area contributed by atoms with E-state index >= 15 is 0 Å². The summed E-state index contributed by atoms with van der Waals surface area (Å²) < 4.78 is 0. The summed E-state index contributed by atoms with van der Waals surface area (Å²) in [6, 6.07) is 0. The molecule has 9 atom stereocenters. The monoisotopic (exact) mass is 403 g/mol. The third-order valence-electron chi connectivity index (χ3n) is 10.3. The van der Waals surface area contributed by atoms with E-state index < -0.39 is 5.60 Å². The van der Waals surface area contributed by atoms with Crippen molar-refractivity contribution in [3.05, 3.63) is 0 Å². The Morgan fingerprint density at radius 2 is 1.76 bits per heavy atom. The summed E-state index contributed by atoms with van der Waals surface area (Å²) in [6.45, 7) is 6.59. The van der Waals surface area contributed by atoms with Gasteiger partial charge in [-0.3, -0.25) is 9.69 Å². The average Bonchev–Trinajstić information content (AvgIpc) is 3.22. The van der Waals surface area contributed by atoms with Gasteiger partial charge in [0.25, 0.3) is 0 Å². The molecule has 4 aliphatic carbocycles. The molecule has 1 aliphatic heterocycles. The van der Waals surface area contributed by atoms with Crippen molar-refractivity contribution in [2.24, 2.45) is 40.9 Å². The predicted molar refractivity (Wildman–Crippen MR) is 113 cm³/mol. The molecular weight excluding hydrogens is 362 g/mol. The van der Waals surface area contributed by atoms with E-state index in [4.69, 9.17) is 0 Å². The lowest BCUT2D eigenvalue weighted by Gasteiger charge is -2.56. The molecule has 4 saturated carbocycles. The van der Waals surface area contributed by atoms with Gasteiger partial charge in [0.1, 0.15) is 5.78 Å². The summed E-state index contributed by atoms with van der Waals surface area (Å²) >= 11 is 0. The predicted octanol–water partition coefficient (Wildman–Crippen LogP) is 3.64. The highest BCUT2D eigenvalue weighted by Crippen LogP contribution is 2.64. The Balaban J connectivity index is 1.28. The first-order valence-corrected chi connectivity index (χ1v) is 12.4. The maximum atomic E-state index is 13.3. The van der Waals surface area contributed by atoms with E-state index in [0.29, 0.717) is 18.9 Å². The van der Waals surface area contributed by atoms with Crippen molar-refractivity contribution in [1.29, 1.82) is 0 Å². The fraction of sp³-hybridized carbons (Fsp3) is 0.960. The molecule has 0 aromatic carbocycles. The van der Waals surface area contributed by atoms with Crippen LogP contribution in [0.25, 0.3) is 0 Å². The van der Waals surface area contributed by atoms with Gasteiger partial charge in [0.05, 0.1) is 18.2 Å². The number of aliphatic hydroxyl groups is 2. The first-order chi connectivity index (χ1) is 13.8. The Morgan fingerprint density at radius 3 is 2.52 bits per heavy atom. The van der Waals surface area contributed by atoms with E-state index in [1.54, 1.807) is 0 Å². The Hall–Kier alpha value is -0.450. The maximum Gasteiger partial charge on any atom is 0.150 e. The molecule has 29 heavy (non-hydrogen) atoms. The van der Waals surface area contributed by atoms with Crippen LogP contribution in [-0.4, -0.2) is 52.2 Å². The molecule has 0 amide bonds. The van der Waals surface area contributed by atoms with Gasteiger partial charge in [-0.05, 0) is 106 Å². The second-order valence-corrected chi connectivity index (χ2v) is 12.0. The number of likely N-dealkylation sites (tertiary alicyclic amines) is 1.